The molecular formula is C15H20N2O6S. The van der Waals surface area contributed by atoms with E-state index in [1.54, 1.807) is 18.2 Å². The van der Waals surface area contributed by atoms with Crippen molar-refractivity contribution in [3.8, 4) is 5.75 Å². The van der Waals surface area contributed by atoms with Gasteiger partial charge in [-0.05, 0) is 30.7 Å². The normalized spacial score (nSPS) is 15.3. The van der Waals surface area contributed by atoms with Gasteiger partial charge in [0, 0.05) is 25.1 Å². The zero-order valence-electron chi connectivity index (χ0n) is 13.6. The van der Waals surface area contributed by atoms with Crippen LogP contribution in [0.3, 0.4) is 0 Å². The smallest absolute Gasteiger partial charge is 0.328 e. The first-order chi connectivity index (χ1) is 11.3. The number of carbonyl (C=O) groups excluding carboxylic acids is 2. The third-order valence-electron chi connectivity index (χ3n) is 3.37. The van der Waals surface area contributed by atoms with E-state index in [0.29, 0.717) is 31.0 Å². The van der Waals surface area contributed by atoms with Crippen LogP contribution in [0.4, 0.5) is 10.5 Å². The third kappa shape index (κ3) is 5.20. The maximum atomic E-state index is 11.9. The minimum Gasteiger partial charge on any atom is -0.493 e. The van der Waals surface area contributed by atoms with Gasteiger partial charge in [-0.15, -0.1) is 0 Å². The number of nitrogens with one attached hydrogen (secondary N) is 1. The van der Waals surface area contributed by atoms with Crippen molar-refractivity contribution in [1.82, 2.24) is 5.32 Å². The van der Waals surface area contributed by atoms with E-state index in [1.165, 1.54) is 4.90 Å². The Morgan fingerprint density at radius 2 is 2.00 bits per heavy atom. The van der Waals surface area contributed by atoms with Crippen LogP contribution in [0.5, 0.6) is 5.75 Å². The molecule has 0 radical (unpaired) electrons. The fourth-order valence-electron chi connectivity index (χ4n) is 2.27. The van der Waals surface area contributed by atoms with Crippen LogP contribution in [-0.2, 0) is 19.1 Å². The minimum atomic E-state index is -3.43. The molecule has 1 heterocycles. The molecule has 3 amide bonds. The van der Waals surface area contributed by atoms with Crippen molar-refractivity contribution in [3.63, 3.8) is 0 Å². The first kappa shape index (κ1) is 18.2. The number of hydrogen-bond donors (Lipinski definition) is 1. The molecule has 0 saturated carbocycles. The van der Waals surface area contributed by atoms with Crippen molar-refractivity contribution >= 4 is 27.7 Å². The second kappa shape index (κ2) is 7.63. The van der Waals surface area contributed by atoms with Gasteiger partial charge in [-0.2, -0.15) is 8.42 Å². The van der Waals surface area contributed by atoms with Gasteiger partial charge in [-0.1, -0.05) is 0 Å². The highest BCUT2D eigenvalue weighted by molar-refractivity contribution is 7.85. The fourth-order valence-corrected chi connectivity index (χ4v) is 2.69. The maximum absolute atomic E-state index is 11.9. The number of hydrogen-bond acceptors (Lipinski definition) is 6. The highest BCUT2D eigenvalue weighted by atomic mass is 32.2. The molecule has 1 aromatic rings. The SMILES string of the molecule is Cc1cc(OCCCOS(C)(=O)=O)ccc1N1CCC(=O)NC1=O. The maximum Gasteiger partial charge on any atom is 0.328 e. The molecule has 8 nitrogen and oxygen atoms in total. The summed E-state index contributed by atoms with van der Waals surface area (Å²) in [7, 11) is -3.43. The molecule has 24 heavy (non-hydrogen) atoms. The Balaban J connectivity index is 1.90. The standard InChI is InChI=1S/C15H20N2O6S/c1-11-10-12(22-8-3-9-23-24(2,20)21)4-5-13(11)17-7-6-14(18)16-15(17)19/h4-5,10H,3,6-9H2,1-2H3,(H,16,18,19). The third-order valence-corrected chi connectivity index (χ3v) is 3.96. The summed E-state index contributed by atoms with van der Waals surface area (Å²) in [5.74, 6) is 0.342. The van der Waals surface area contributed by atoms with Crippen molar-refractivity contribution in [1.29, 1.82) is 0 Å². The molecule has 1 aliphatic rings. The van der Waals surface area contributed by atoms with Crippen LogP contribution in [0.15, 0.2) is 18.2 Å². The number of nitrogens with zero attached hydrogens (tertiary/aromatic N) is 1. The first-order valence-electron chi connectivity index (χ1n) is 7.45. The first-order valence-corrected chi connectivity index (χ1v) is 9.27. The van der Waals surface area contributed by atoms with Crippen molar-refractivity contribution in [2.75, 3.05) is 30.9 Å². The predicted molar refractivity (Wildman–Crippen MR) is 87.6 cm³/mol. The van der Waals surface area contributed by atoms with Gasteiger partial charge >= 0.3 is 6.03 Å². The summed E-state index contributed by atoms with van der Waals surface area (Å²) in [6, 6.07) is 4.84. The summed E-state index contributed by atoms with van der Waals surface area (Å²) < 4.78 is 31.8. The molecule has 1 aliphatic heterocycles. The molecule has 0 atom stereocenters. The van der Waals surface area contributed by atoms with Crippen molar-refractivity contribution < 1.29 is 26.9 Å². The number of rotatable bonds is 7. The van der Waals surface area contributed by atoms with Gasteiger partial charge in [0.2, 0.25) is 5.91 Å². The Hall–Kier alpha value is -2.13. The molecule has 0 bridgehead atoms. The van der Waals surface area contributed by atoms with Crippen molar-refractivity contribution in [3.05, 3.63) is 23.8 Å². The van der Waals surface area contributed by atoms with E-state index in [2.05, 4.69) is 9.50 Å². The molecule has 2 rings (SSSR count). The van der Waals surface area contributed by atoms with Crippen LogP contribution in [0, 0.1) is 6.92 Å². The molecule has 0 unspecified atom stereocenters. The Kier molecular flexibility index (Phi) is 5.79. The van der Waals surface area contributed by atoms with E-state index in [9.17, 15) is 18.0 Å². The number of aryl methyl sites for hydroxylation is 1. The molecule has 0 aliphatic carbocycles. The predicted octanol–water partition coefficient (Wildman–Crippen LogP) is 1.19. The molecule has 0 spiro atoms. The average Bonchev–Trinajstić information content (AvgIpc) is 2.47. The lowest BCUT2D eigenvalue weighted by Gasteiger charge is -2.28. The molecular weight excluding hydrogens is 336 g/mol. The van der Waals surface area contributed by atoms with E-state index in [1.807, 2.05) is 6.92 Å². The van der Waals surface area contributed by atoms with Gasteiger partial charge in [-0.25, -0.2) is 4.79 Å². The zero-order chi connectivity index (χ0) is 17.7. The number of benzene rings is 1. The zero-order valence-corrected chi connectivity index (χ0v) is 14.4. The second-order valence-corrected chi connectivity index (χ2v) is 7.08. The Morgan fingerprint density at radius 1 is 1.25 bits per heavy atom. The Labute approximate surface area is 140 Å². The van der Waals surface area contributed by atoms with Gasteiger partial charge in [0.1, 0.15) is 5.75 Å². The number of amides is 3. The van der Waals surface area contributed by atoms with E-state index in [4.69, 9.17) is 4.74 Å². The quantitative estimate of drug-likeness (QED) is 0.581. The lowest BCUT2D eigenvalue weighted by molar-refractivity contribution is -0.120. The van der Waals surface area contributed by atoms with E-state index < -0.39 is 16.1 Å². The highest BCUT2D eigenvalue weighted by Gasteiger charge is 2.25. The Bertz CT molecular complexity index is 731. The van der Waals surface area contributed by atoms with Crippen LogP contribution in [0.1, 0.15) is 18.4 Å². The summed E-state index contributed by atoms with van der Waals surface area (Å²) in [5, 5.41) is 2.28. The van der Waals surface area contributed by atoms with Crippen LogP contribution in [0.25, 0.3) is 0 Å². The summed E-state index contributed by atoms with van der Waals surface area (Å²) in [6.07, 6.45) is 1.70. The second-order valence-electron chi connectivity index (χ2n) is 5.43. The number of carbonyl (C=O) groups is 2. The van der Waals surface area contributed by atoms with Crippen LogP contribution in [-0.4, -0.2) is 46.4 Å². The largest absolute Gasteiger partial charge is 0.493 e. The molecule has 132 valence electrons. The molecule has 1 saturated heterocycles. The monoisotopic (exact) mass is 356 g/mol. The number of ether oxygens (including phenoxy) is 1. The molecule has 1 N–H and O–H groups in total. The van der Waals surface area contributed by atoms with E-state index in [-0.39, 0.29) is 18.9 Å². The van der Waals surface area contributed by atoms with Crippen molar-refractivity contribution in [2.45, 2.75) is 19.8 Å². The van der Waals surface area contributed by atoms with Gasteiger partial charge < -0.3 is 4.74 Å². The van der Waals surface area contributed by atoms with Gasteiger partial charge in [-0.3, -0.25) is 19.2 Å². The topological polar surface area (TPSA) is 102 Å². The molecule has 0 aromatic heterocycles. The van der Waals surface area contributed by atoms with Crippen LogP contribution < -0.4 is 15.0 Å². The molecule has 1 aromatic carbocycles. The van der Waals surface area contributed by atoms with Crippen LogP contribution >= 0.6 is 0 Å². The lowest BCUT2D eigenvalue weighted by Crippen LogP contribution is -2.49. The number of imide groups is 1. The number of anilines is 1. The average molecular weight is 356 g/mol. The minimum absolute atomic E-state index is 0.0673. The van der Waals surface area contributed by atoms with E-state index >= 15 is 0 Å². The fraction of sp³-hybridized carbons (Fsp3) is 0.467. The van der Waals surface area contributed by atoms with Gasteiger partial charge in [0.25, 0.3) is 10.1 Å². The van der Waals surface area contributed by atoms with Gasteiger partial charge in [0.05, 0.1) is 19.5 Å². The molecule has 9 heteroatoms. The Morgan fingerprint density at radius 3 is 2.62 bits per heavy atom. The summed E-state index contributed by atoms with van der Waals surface area (Å²) in [5.41, 5.74) is 1.55. The lowest BCUT2D eigenvalue weighted by atomic mass is 10.1. The summed E-state index contributed by atoms with van der Waals surface area (Å²) >= 11 is 0. The van der Waals surface area contributed by atoms with Crippen LogP contribution in [0.2, 0.25) is 0 Å². The van der Waals surface area contributed by atoms with Gasteiger partial charge in [0.15, 0.2) is 0 Å². The molecule has 1 fully saturated rings. The number of urea groups is 1. The van der Waals surface area contributed by atoms with E-state index in [0.717, 1.165) is 11.8 Å². The summed E-state index contributed by atoms with van der Waals surface area (Å²) in [4.78, 5) is 24.6. The highest BCUT2D eigenvalue weighted by Crippen LogP contribution is 2.26. The van der Waals surface area contributed by atoms with Crippen molar-refractivity contribution in [2.24, 2.45) is 0 Å². The summed E-state index contributed by atoms with van der Waals surface area (Å²) in [6.45, 7) is 2.57.